The maximum atomic E-state index is 14.3. The maximum absolute atomic E-state index is 14.3. The minimum atomic E-state index is -0.545. The van der Waals surface area contributed by atoms with Crippen molar-refractivity contribution in [1.29, 1.82) is 0 Å². The predicted octanol–water partition coefficient (Wildman–Crippen LogP) is 4.56. The molecule has 0 amide bonds. The molecular formula is C18H14ClF2N3. The first-order chi connectivity index (χ1) is 11.5. The Hall–Kier alpha value is -2.53. The Balaban J connectivity index is 2.06. The molecule has 0 unspecified atom stereocenters. The number of hydrogen-bond donors (Lipinski definition) is 1. The molecule has 0 radical (unpaired) electrons. The lowest BCUT2D eigenvalue weighted by Gasteiger charge is -2.13. The lowest BCUT2D eigenvalue weighted by atomic mass is 9.95. The smallest absolute Gasteiger partial charge is 0.168 e. The van der Waals surface area contributed by atoms with Crippen molar-refractivity contribution in [3.8, 4) is 11.1 Å². The van der Waals surface area contributed by atoms with Crippen LogP contribution in [0, 0.1) is 18.6 Å². The van der Waals surface area contributed by atoms with Gasteiger partial charge in [-0.15, -0.1) is 0 Å². The van der Waals surface area contributed by atoms with Crippen LogP contribution in [-0.4, -0.2) is 9.97 Å². The summed E-state index contributed by atoms with van der Waals surface area (Å²) in [6, 6.07) is 6.37. The summed E-state index contributed by atoms with van der Waals surface area (Å²) < 4.78 is 28.4. The number of pyridine rings is 2. The lowest BCUT2D eigenvalue weighted by molar-refractivity contribution is 0.613. The van der Waals surface area contributed by atoms with Crippen LogP contribution in [0.1, 0.15) is 16.7 Å². The number of benzene rings is 1. The summed E-state index contributed by atoms with van der Waals surface area (Å²) in [5.41, 5.74) is 8.48. The van der Waals surface area contributed by atoms with Crippen molar-refractivity contribution in [2.45, 2.75) is 13.3 Å². The van der Waals surface area contributed by atoms with Crippen molar-refractivity contribution in [2.75, 3.05) is 5.73 Å². The van der Waals surface area contributed by atoms with Crippen LogP contribution in [0.4, 0.5) is 14.6 Å². The van der Waals surface area contributed by atoms with Crippen LogP contribution in [0.3, 0.4) is 0 Å². The van der Waals surface area contributed by atoms with Gasteiger partial charge in [0.25, 0.3) is 0 Å². The third-order valence-corrected chi connectivity index (χ3v) is 4.23. The Bertz CT molecular complexity index is 913. The number of hydrogen-bond acceptors (Lipinski definition) is 3. The van der Waals surface area contributed by atoms with Crippen molar-refractivity contribution < 1.29 is 8.78 Å². The monoisotopic (exact) mass is 345 g/mol. The zero-order valence-corrected chi connectivity index (χ0v) is 13.6. The highest BCUT2D eigenvalue weighted by atomic mass is 35.5. The van der Waals surface area contributed by atoms with Crippen LogP contribution in [0.25, 0.3) is 11.1 Å². The molecule has 3 rings (SSSR count). The summed E-state index contributed by atoms with van der Waals surface area (Å²) in [6.07, 6.45) is 4.95. The lowest BCUT2D eigenvalue weighted by Crippen LogP contribution is -2.02. The van der Waals surface area contributed by atoms with Gasteiger partial charge in [0, 0.05) is 36.1 Å². The minimum Gasteiger partial charge on any atom is -0.381 e. The minimum absolute atomic E-state index is 0.0465. The second kappa shape index (κ2) is 6.53. The fraction of sp³-hybridized carbons (Fsp3) is 0.111. The standard InChI is InChI=1S/C18H14ClF2N3/c1-10-12(7-11-5-6-24-18(22)16(11)20)8-23-9-14(10)13-3-2-4-15(19)17(13)21/h2-6,8-9H,7H2,1H3,(H2,22,24). The van der Waals surface area contributed by atoms with Gasteiger partial charge in [-0.05, 0) is 35.7 Å². The Kier molecular flexibility index (Phi) is 4.44. The molecule has 0 saturated carbocycles. The number of halogens is 3. The Morgan fingerprint density at radius 2 is 1.83 bits per heavy atom. The molecule has 2 heterocycles. The van der Waals surface area contributed by atoms with Crippen LogP contribution in [0.2, 0.25) is 5.02 Å². The second-order valence-electron chi connectivity index (χ2n) is 5.42. The molecule has 0 atom stereocenters. The van der Waals surface area contributed by atoms with Crippen molar-refractivity contribution in [3.63, 3.8) is 0 Å². The highest BCUT2D eigenvalue weighted by molar-refractivity contribution is 6.31. The molecule has 122 valence electrons. The molecule has 6 heteroatoms. The molecule has 2 N–H and O–H groups in total. The van der Waals surface area contributed by atoms with Crippen molar-refractivity contribution in [3.05, 3.63) is 76.2 Å². The van der Waals surface area contributed by atoms with Gasteiger partial charge in [-0.1, -0.05) is 23.7 Å². The molecular weight excluding hydrogens is 332 g/mol. The van der Waals surface area contributed by atoms with Crippen LogP contribution in [-0.2, 0) is 6.42 Å². The molecule has 0 fully saturated rings. The Labute approximate surface area is 143 Å². The van der Waals surface area contributed by atoms with Gasteiger partial charge >= 0.3 is 0 Å². The van der Waals surface area contributed by atoms with Crippen LogP contribution in [0.15, 0.2) is 42.9 Å². The maximum Gasteiger partial charge on any atom is 0.168 e. The van der Waals surface area contributed by atoms with Gasteiger partial charge in [0.2, 0.25) is 0 Å². The van der Waals surface area contributed by atoms with Gasteiger partial charge in [0.15, 0.2) is 11.6 Å². The molecule has 0 spiro atoms. The topological polar surface area (TPSA) is 51.8 Å². The summed E-state index contributed by atoms with van der Waals surface area (Å²) in [5, 5.41) is 0.0465. The average molecular weight is 346 g/mol. The van der Waals surface area contributed by atoms with Gasteiger partial charge in [-0.3, -0.25) is 4.98 Å². The highest BCUT2D eigenvalue weighted by Gasteiger charge is 2.15. The molecule has 0 aliphatic heterocycles. The van der Waals surface area contributed by atoms with Gasteiger partial charge in [0.05, 0.1) is 5.02 Å². The second-order valence-corrected chi connectivity index (χ2v) is 5.83. The average Bonchev–Trinajstić information content (AvgIpc) is 2.56. The summed E-state index contributed by atoms with van der Waals surface area (Å²) in [4.78, 5) is 7.87. The number of nitrogens with zero attached hydrogens (tertiary/aromatic N) is 2. The molecule has 0 aliphatic carbocycles. The number of nitrogen functional groups attached to an aromatic ring is 1. The zero-order chi connectivity index (χ0) is 17.3. The van der Waals surface area contributed by atoms with Gasteiger partial charge < -0.3 is 5.73 Å². The van der Waals surface area contributed by atoms with E-state index in [-0.39, 0.29) is 17.3 Å². The highest BCUT2D eigenvalue weighted by Crippen LogP contribution is 2.31. The first-order valence-corrected chi connectivity index (χ1v) is 7.63. The van der Waals surface area contributed by atoms with E-state index >= 15 is 0 Å². The summed E-state index contributed by atoms with van der Waals surface area (Å²) in [5.74, 6) is -1.19. The molecule has 0 saturated heterocycles. The summed E-state index contributed by atoms with van der Waals surface area (Å²) in [7, 11) is 0. The van der Waals surface area contributed by atoms with Crippen LogP contribution in [0.5, 0.6) is 0 Å². The molecule has 0 bridgehead atoms. The molecule has 3 aromatic rings. The van der Waals surface area contributed by atoms with Crippen molar-refractivity contribution >= 4 is 17.4 Å². The first-order valence-electron chi connectivity index (χ1n) is 7.25. The molecule has 2 aromatic heterocycles. The Morgan fingerprint density at radius 3 is 2.62 bits per heavy atom. The molecule has 0 aliphatic rings. The number of nitrogens with two attached hydrogens (primary N) is 1. The largest absolute Gasteiger partial charge is 0.381 e. The number of rotatable bonds is 3. The third kappa shape index (κ3) is 2.95. The van der Waals surface area contributed by atoms with Gasteiger partial charge in [0.1, 0.15) is 5.82 Å². The van der Waals surface area contributed by atoms with E-state index in [1.165, 1.54) is 12.3 Å². The van der Waals surface area contributed by atoms with E-state index in [1.807, 2.05) is 6.92 Å². The Morgan fingerprint density at radius 1 is 1.04 bits per heavy atom. The van der Waals surface area contributed by atoms with E-state index in [4.69, 9.17) is 17.3 Å². The molecule has 24 heavy (non-hydrogen) atoms. The molecule has 1 aromatic carbocycles. The van der Waals surface area contributed by atoms with Crippen LogP contribution >= 0.6 is 11.6 Å². The van der Waals surface area contributed by atoms with E-state index in [2.05, 4.69) is 9.97 Å². The van der Waals surface area contributed by atoms with Crippen molar-refractivity contribution in [2.24, 2.45) is 0 Å². The summed E-state index contributed by atoms with van der Waals surface area (Å²) >= 11 is 5.86. The van der Waals surface area contributed by atoms with Gasteiger partial charge in [-0.2, -0.15) is 0 Å². The third-order valence-electron chi connectivity index (χ3n) is 3.94. The van der Waals surface area contributed by atoms with Gasteiger partial charge in [-0.25, -0.2) is 13.8 Å². The zero-order valence-electron chi connectivity index (χ0n) is 12.9. The van der Waals surface area contributed by atoms with Crippen LogP contribution < -0.4 is 5.73 Å². The van der Waals surface area contributed by atoms with E-state index in [1.54, 1.807) is 30.6 Å². The van der Waals surface area contributed by atoms with Crippen molar-refractivity contribution in [1.82, 2.24) is 9.97 Å². The first kappa shape index (κ1) is 16.3. The molecule has 3 nitrogen and oxygen atoms in total. The van der Waals surface area contributed by atoms with E-state index in [0.29, 0.717) is 16.7 Å². The fourth-order valence-electron chi connectivity index (χ4n) is 2.57. The van der Waals surface area contributed by atoms with E-state index in [9.17, 15) is 8.78 Å². The normalized spacial score (nSPS) is 10.8. The number of aromatic nitrogens is 2. The van der Waals surface area contributed by atoms with E-state index in [0.717, 1.165) is 11.1 Å². The summed E-state index contributed by atoms with van der Waals surface area (Å²) in [6.45, 7) is 1.84. The van der Waals surface area contributed by atoms with E-state index < -0.39 is 11.6 Å². The predicted molar refractivity (Wildman–Crippen MR) is 90.8 cm³/mol. The quantitative estimate of drug-likeness (QED) is 0.757. The SMILES string of the molecule is Cc1c(Cc2ccnc(N)c2F)cncc1-c1cccc(Cl)c1F. The fourth-order valence-corrected chi connectivity index (χ4v) is 2.75. The number of anilines is 1.